The number of nitrogens with one attached hydrogen (secondary N) is 3. The smallest absolute Gasteiger partial charge is 0.189 e. The summed E-state index contributed by atoms with van der Waals surface area (Å²) in [4.78, 5) is 0. The van der Waals surface area contributed by atoms with Crippen molar-refractivity contribution in [3.8, 4) is 0 Å². The predicted molar refractivity (Wildman–Crippen MR) is 55.3 cm³/mol. The van der Waals surface area contributed by atoms with E-state index in [2.05, 4.69) is 13.9 Å². The van der Waals surface area contributed by atoms with Gasteiger partial charge in [-0.3, -0.25) is 0 Å². The van der Waals surface area contributed by atoms with Crippen molar-refractivity contribution in [3.05, 3.63) is 0 Å². The molecule has 0 aromatic heterocycles. The van der Waals surface area contributed by atoms with Gasteiger partial charge < -0.3 is 13.9 Å². The topological polar surface area (TPSA) is 36.1 Å². The normalized spacial score (nSPS) is 15.3. The first kappa shape index (κ1) is 10.3. The summed E-state index contributed by atoms with van der Waals surface area (Å²) in [6.07, 6.45) is 0. The minimum Gasteiger partial charge on any atom is -0.346 e. The summed E-state index contributed by atoms with van der Waals surface area (Å²) in [7, 11) is -1.28. The van der Waals surface area contributed by atoms with E-state index in [1.165, 1.54) is 0 Å². The highest BCUT2D eigenvalue weighted by atomic mass is 35.6. The van der Waals surface area contributed by atoms with Crippen molar-refractivity contribution in [1.82, 2.24) is 13.9 Å². The summed E-state index contributed by atoms with van der Waals surface area (Å²) in [5.41, 5.74) is 0. The van der Waals surface area contributed by atoms with Crippen molar-refractivity contribution < 1.29 is 0 Å². The maximum atomic E-state index is 5.51. The standard InChI is InChI=1S/Cl2H11N3Si4/c1-6-3-8-5-9-4-7-2/h3-5H,6-9H2. The molecule has 0 saturated heterocycles. The van der Waals surface area contributed by atoms with E-state index in [4.69, 9.17) is 22.2 Å². The molecule has 0 aliphatic carbocycles. The van der Waals surface area contributed by atoms with Gasteiger partial charge in [-0.15, -0.1) is 0 Å². The van der Waals surface area contributed by atoms with Gasteiger partial charge in [0.15, 0.2) is 37.7 Å². The lowest BCUT2D eigenvalue weighted by molar-refractivity contribution is 1.39. The van der Waals surface area contributed by atoms with Crippen LogP contribution < -0.4 is 13.9 Å². The fourth-order valence-corrected chi connectivity index (χ4v) is 7.89. The molecule has 9 heavy (non-hydrogen) atoms. The molecule has 0 unspecified atom stereocenters. The van der Waals surface area contributed by atoms with E-state index in [9.17, 15) is 0 Å². The largest absolute Gasteiger partial charge is 0.346 e. The van der Waals surface area contributed by atoms with Gasteiger partial charge in [0.05, 0.1) is 0 Å². The molecule has 0 fully saturated rings. The lowest BCUT2D eigenvalue weighted by Gasteiger charge is -2.00. The van der Waals surface area contributed by atoms with Crippen molar-refractivity contribution in [1.29, 1.82) is 0 Å². The number of halogens is 2. The molecular formula is H11Cl2N3Si4. The Labute approximate surface area is 73.8 Å². The first-order valence-corrected chi connectivity index (χ1v) is 11.2. The third-order valence-corrected chi connectivity index (χ3v) is 9.60. The van der Waals surface area contributed by atoms with Crippen LogP contribution in [0.5, 0.6) is 0 Å². The molecule has 0 atom stereocenters. The fourth-order valence-electron chi connectivity index (χ4n) is 0.334. The van der Waals surface area contributed by atoms with Crippen molar-refractivity contribution in [2.75, 3.05) is 0 Å². The van der Waals surface area contributed by atoms with Gasteiger partial charge in [0.2, 0.25) is 0 Å². The van der Waals surface area contributed by atoms with E-state index >= 15 is 0 Å². The van der Waals surface area contributed by atoms with Crippen molar-refractivity contribution in [2.24, 2.45) is 0 Å². The van der Waals surface area contributed by atoms with Crippen molar-refractivity contribution in [3.63, 3.8) is 0 Å². The Bertz CT molecular complexity index is 47.1. The van der Waals surface area contributed by atoms with Crippen LogP contribution in [0, 0.1) is 0 Å². The molecule has 0 radical (unpaired) electrons. The molecule has 0 heterocycles. The Hall–Kier alpha value is 1.33. The maximum Gasteiger partial charge on any atom is 0.189 e. The van der Waals surface area contributed by atoms with Crippen LogP contribution >= 0.6 is 22.2 Å². The monoisotopic (exact) mass is 235 g/mol. The molecule has 0 aromatic carbocycles. The zero-order valence-electron chi connectivity index (χ0n) is 5.08. The number of hydrogen-bond donors (Lipinski definition) is 3. The van der Waals surface area contributed by atoms with Crippen LogP contribution in [-0.2, 0) is 0 Å². The van der Waals surface area contributed by atoms with Crippen LogP contribution in [0.25, 0.3) is 0 Å². The number of hydrogen-bond acceptors (Lipinski definition) is 3. The van der Waals surface area contributed by atoms with Crippen molar-refractivity contribution >= 4 is 59.8 Å². The van der Waals surface area contributed by atoms with E-state index in [0.717, 1.165) is 0 Å². The summed E-state index contributed by atoms with van der Waals surface area (Å²) in [6.45, 7) is 0. The molecule has 0 saturated carbocycles. The molecule has 3 nitrogen and oxygen atoms in total. The lowest BCUT2D eigenvalue weighted by Crippen LogP contribution is -2.43. The van der Waals surface area contributed by atoms with E-state index in [1.807, 2.05) is 0 Å². The Morgan fingerprint density at radius 3 is 1.56 bits per heavy atom. The number of rotatable bonds is 6. The van der Waals surface area contributed by atoms with Crippen molar-refractivity contribution in [2.45, 2.75) is 0 Å². The Morgan fingerprint density at radius 2 is 1.22 bits per heavy atom. The average molecular weight is 236 g/mol. The zero-order valence-corrected chi connectivity index (χ0v) is 12.3. The van der Waals surface area contributed by atoms with Crippen LogP contribution in [0.3, 0.4) is 0 Å². The first-order chi connectivity index (χ1) is 4.41. The highest BCUT2D eigenvalue weighted by Crippen LogP contribution is 1.56. The fraction of sp³-hybridized carbons (Fsp3) is 0. The predicted octanol–water partition coefficient (Wildman–Crippen LogP) is -3.77. The summed E-state index contributed by atoms with van der Waals surface area (Å²) in [5, 5.41) is 0. The van der Waals surface area contributed by atoms with Crippen LogP contribution in [0.2, 0.25) is 0 Å². The van der Waals surface area contributed by atoms with Gasteiger partial charge in [0.1, 0.15) is 0 Å². The molecule has 9 heteroatoms. The molecule has 0 aliphatic heterocycles. The Balaban J connectivity index is 2.60. The second kappa shape index (κ2) is 9.33. The summed E-state index contributed by atoms with van der Waals surface area (Å²) in [6, 6.07) is 0. The van der Waals surface area contributed by atoms with Gasteiger partial charge in [0, 0.05) is 0 Å². The Morgan fingerprint density at radius 1 is 0.778 bits per heavy atom. The molecule has 0 bridgehead atoms. The molecule has 0 spiro atoms. The quantitative estimate of drug-likeness (QED) is 0.252. The maximum absolute atomic E-state index is 5.51. The summed E-state index contributed by atoms with van der Waals surface area (Å²) in [5.74, 6) is 0. The van der Waals surface area contributed by atoms with Gasteiger partial charge >= 0.3 is 0 Å². The molecule has 0 amide bonds. The molecule has 0 rings (SSSR count). The SMILES string of the molecule is Cl[SiH2]N[SiH2]N[SiH2]N[SiH2]Cl. The summed E-state index contributed by atoms with van der Waals surface area (Å²) < 4.78 is 9.76. The molecule has 3 N–H and O–H groups in total. The van der Waals surface area contributed by atoms with E-state index in [-0.39, 0.29) is 19.7 Å². The minimum atomic E-state index is -0.426. The third-order valence-electron chi connectivity index (χ3n) is 0.689. The highest BCUT2D eigenvalue weighted by molar-refractivity contribution is 6.96. The van der Waals surface area contributed by atoms with E-state index < -0.39 is 18.0 Å². The molecular weight excluding hydrogens is 225 g/mol. The minimum absolute atomic E-state index is 0.216. The Kier molecular flexibility index (Phi) is 10.7. The summed E-state index contributed by atoms with van der Waals surface area (Å²) >= 11 is 11.0. The van der Waals surface area contributed by atoms with Crippen LogP contribution in [0.15, 0.2) is 0 Å². The average Bonchev–Trinajstić information content (AvgIpc) is 1.89. The van der Waals surface area contributed by atoms with Crippen LogP contribution in [0.1, 0.15) is 0 Å². The third kappa shape index (κ3) is 9.33. The van der Waals surface area contributed by atoms with Gasteiger partial charge in [-0.1, -0.05) is 0 Å². The second-order valence-corrected chi connectivity index (χ2v) is 10.2. The molecule has 0 aromatic rings. The van der Waals surface area contributed by atoms with E-state index in [1.54, 1.807) is 0 Å². The first-order valence-electron chi connectivity index (χ1n) is 2.66. The zero-order chi connectivity index (χ0) is 6.95. The lowest BCUT2D eigenvalue weighted by atomic mass is 13.8. The molecule has 56 valence electrons. The van der Waals surface area contributed by atoms with Gasteiger partial charge in [0.25, 0.3) is 0 Å². The van der Waals surface area contributed by atoms with Crippen LogP contribution in [-0.4, -0.2) is 37.7 Å². The van der Waals surface area contributed by atoms with Gasteiger partial charge in [-0.05, 0) is 0 Å². The second-order valence-electron chi connectivity index (χ2n) is 1.37. The van der Waals surface area contributed by atoms with Gasteiger partial charge in [-0.2, -0.15) is 22.2 Å². The molecule has 0 aliphatic rings. The van der Waals surface area contributed by atoms with E-state index in [0.29, 0.717) is 0 Å². The van der Waals surface area contributed by atoms with Gasteiger partial charge in [-0.25, -0.2) is 0 Å². The van der Waals surface area contributed by atoms with Crippen LogP contribution in [0.4, 0.5) is 0 Å². The highest BCUT2D eigenvalue weighted by Gasteiger charge is 1.84.